The van der Waals surface area contributed by atoms with E-state index in [0.29, 0.717) is 12.5 Å². The summed E-state index contributed by atoms with van der Waals surface area (Å²) in [5.41, 5.74) is 0. The van der Waals surface area contributed by atoms with Crippen molar-refractivity contribution in [1.82, 2.24) is 9.62 Å². The van der Waals surface area contributed by atoms with Crippen LogP contribution in [-0.2, 0) is 10.0 Å². The van der Waals surface area contributed by atoms with E-state index in [9.17, 15) is 21.6 Å². The summed E-state index contributed by atoms with van der Waals surface area (Å²) in [6.07, 6.45) is 1.49. The van der Waals surface area contributed by atoms with Gasteiger partial charge in [-0.2, -0.15) is 4.31 Å². The predicted octanol–water partition coefficient (Wildman–Crippen LogP) is 1.90. The van der Waals surface area contributed by atoms with Gasteiger partial charge >= 0.3 is 0 Å². The van der Waals surface area contributed by atoms with Crippen molar-refractivity contribution in [2.24, 2.45) is 5.92 Å². The Morgan fingerprint density at radius 1 is 1.14 bits per heavy atom. The number of hydrogen-bond acceptors (Lipinski definition) is 3. The van der Waals surface area contributed by atoms with Crippen LogP contribution in [0.3, 0.4) is 0 Å². The highest BCUT2D eigenvalue weighted by molar-refractivity contribution is 7.89. The maximum atomic E-state index is 13.7. The first-order valence-electron chi connectivity index (χ1n) is 6.78. The quantitative estimate of drug-likeness (QED) is 0.823. The maximum Gasteiger partial charge on any atom is 0.246 e. The van der Waals surface area contributed by atoms with Crippen molar-refractivity contribution in [3.8, 4) is 0 Å². The average Bonchev–Trinajstić information content (AvgIpc) is 2.92. The molecule has 2 aliphatic heterocycles. The van der Waals surface area contributed by atoms with Gasteiger partial charge in [0.25, 0.3) is 0 Å². The van der Waals surface area contributed by atoms with Crippen LogP contribution in [0.1, 0.15) is 12.8 Å². The molecule has 0 bridgehead atoms. The van der Waals surface area contributed by atoms with Crippen LogP contribution in [-0.4, -0.2) is 38.4 Å². The first-order chi connectivity index (χ1) is 9.91. The number of nitrogens with one attached hydrogen (secondary N) is 1. The highest BCUT2D eigenvalue weighted by Crippen LogP contribution is 2.30. The lowest BCUT2D eigenvalue weighted by atomic mass is 9.95. The monoisotopic (exact) mass is 356 g/mol. The molecule has 3 rings (SSSR count). The van der Waals surface area contributed by atoms with Crippen LogP contribution in [0.2, 0.25) is 0 Å². The fourth-order valence-electron chi connectivity index (χ4n) is 3.08. The van der Waals surface area contributed by atoms with Crippen molar-refractivity contribution in [3.05, 3.63) is 29.6 Å². The molecule has 0 aromatic heterocycles. The molecule has 0 amide bonds. The van der Waals surface area contributed by atoms with Crippen LogP contribution in [0.15, 0.2) is 17.0 Å². The summed E-state index contributed by atoms with van der Waals surface area (Å²) in [5, 5.41) is 3.29. The number of fused-ring (bicyclic) bond motifs is 1. The van der Waals surface area contributed by atoms with Gasteiger partial charge in [0, 0.05) is 19.1 Å². The van der Waals surface area contributed by atoms with Gasteiger partial charge < -0.3 is 5.32 Å². The molecule has 22 heavy (non-hydrogen) atoms. The standard InChI is InChI=1S/C13H15F3N2O2S.ClH/c14-9-1-2-11(13(16)12(9)15)21(19,20)18-6-4-10-8(7-18)3-5-17-10;/h1-2,8,10,17H,3-7H2;1H. The molecule has 0 spiro atoms. The molecule has 0 saturated carbocycles. The highest BCUT2D eigenvalue weighted by Gasteiger charge is 2.39. The number of halogens is 4. The summed E-state index contributed by atoms with van der Waals surface area (Å²) in [7, 11) is -4.15. The summed E-state index contributed by atoms with van der Waals surface area (Å²) in [6, 6.07) is 1.70. The molecule has 2 atom stereocenters. The Bertz CT molecular complexity index is 671. The fraction of sp³-hybridized carbons (Fsp3) is 0.538. The van der Waals surface area contributed by atoms with E-state index in [4.69, 9.17) is 0 Å². The Morgan fingerprint density at radius 2 is 1.86 bits per heavy atom. The lowest BCUT2D eigenvalue weighted by molar-refractivity contribution is 0.246. The lowest BCUT2D eigenvalue weighted by Crippen LogP contribution is -2.46. The third kappa shape index (κ3) is 2.84. The second kappa shape index (κ2) is 6.35. The second-order valence-corrected chi connectivity index (χ2v) is 7.34. The van der Waals surface area contributed by atoms with E-state index in [1.54, 1.807) is 0 Å². The summed E-state index contributed by atoms with van der Waals surface area (Å²) >= 11 is 0. The zero-order chi connectivity index (χ0) is 15.2. The average molecular weight is 357 g/mol. The molecule has 2 unspecified atom stereocenters. The van der Waals surface area contributed by atoms with Gasteiger partial charge in [0.15, 0.2) is 17.5 Å². The molecule has 9 heteroatoms. The molecule has 1 aromatic carbocycles. The highest BCUT2D eigenvalue weighted by atomic mass is 35.5. The van der Waals surface area contributed by atoms with Crippen molar-refractivity contribution < 1.29 is 21.6 Å². The van der Waals surface area contributed by atoms with Gasteiger partial charge in [-0.05, 0) is 37.4 Å². The largest absolute Gasteiger partial charge is 0.314 e. The molecule has 2 fully saturated rings. The van der Waals surface area contributed by atoms with Crippen molar-refractivity contribution in [3.63, 3.8) is 0 Å². The van der Waals surface area contributed by atoms with Gasteiger partial charge in [-0.1, -0.05) is 0 Å². The first-order valence-corrected chi connectivity index (χ1v) is 8.22. The third-order valence-corrected chi connectivity index (χ3v) is 6.12. The van der Waals surface area contributed by atoms with E-state index < -0.39 is 32.4 Å². The summed E-state index contributed by atoms with van der Waals surface area (Å²) in [6.45, 7) is 1.36. The van der Waals surface area contributed by atoms with Gasteiger partial charge in [0.1, 0.15) is 4.90 Å². The summed E-state index contributed by atoms with van der Waals surface area (Å²) < 4.78 is 66.0. The third-order valence-electron chi connectivity index (χ3n) is 4.24. The van der Waals surface area contributed by atoms with Gasteiger partial charge in [-0.25, -0.2) is 21.6 Å². The summed E-state index contributed by atoms with van der Waals surface area (Å²) in [5.74, 6) is -4.62. The van der Waals surface area contributed by atoms with Crippen LogP contribution < -0.4 is 5.32 Å². The second-order valence-electron chi connectivity index (χ2n) is 5.43. The van der Waals surface area contributed by atoms with Crippen LogP contribution in [0.5, 0.6) is 0 Å². The Kier molecular flexibility index (Phi) is 5.06. The number of piperidine rings is 1. The minimum atomic E-state index is -4.15. The smallest absolute Gasteiger partial charge is 0.246 e. The van der Waals surface area contributed by atoms with Gasteiger partial charge in [-0.3, -0.25) is 0 Å². The van der Waals surface area contributed by atoms with Crippen LogP contribution >= 0.6 is 12.4 Å². The van der Waals surface area contributed by atoms with Crippen molar-refractivity contribution in [2.45, 2.75) is 23.8 Å². The Balaban J connectivity index is 0.00000176. The van der Waals surface area contributed by atoms with Crippen LogP contribution in [0.4, 0.5) is 13.2 Å². The molecular formula is C13H16ClF3N2O2S. The molecule has 2 saturated heterocycles. The topological polar surface area (TPSA) is 49.4 Å². The number of benzene rings is 1. The van der Waals surface area contributed by atoms with Gasteiger partial charge in [0.05, 0.1) is 0 Å². The van der Waals surface area contributed by atoms with Crippen LogP contribution in [0.25, 0.3) is 0 Å². The van der Waals surface area contributed by atoms with Gasteiger partial charge in [-0.15, -0.1) is 12.4 Å². The summed E-state index contributed by atoms with van der Waals surface area (Å²) in [4.78, 5) is -0.800. The Morgan fingerprint density at radius 3 is 2.59 bits per heavy atom. The normalized spacial score (nSPS) is 25.6. The minimum absolute atomic E-state index is 0. The van der Waals surface area contributed by atoms with E-state index in [0.717, 1.165) is 23.3 Å². The zero-order valence-electron chi connectivity index (χ0n) is 11.6. The molecule has 124 valence electrons. The SMILES string of the molecule is Cl.O=S(=O)(c1ccc(F)c(F)c1F)N1CCC2NCCC2C1. The fourth-order valence-corrected chi connectivity index (χ4v) is 4.65. The van der Waals surface area contributed by atoms with E-state index >= 15 is 0 Å². The van der Waals surface area contributed by atoms with E-state index in [2.05, 4.69) is 5.32 Å². The Hall–Kier alpha value is -0.830. The zero-order valence-corrected chi connectivity index (χ0v) is 13.2. The van der Waals surface area contributed by atoms with Crippen molar-refractivity contribution >= 4 is 22.4 Å². The van der Waals surface area contributed by atoms with E-state index in [1.165, 1.54) is 0 Å². The number of nitrogens with zero attached hydrogens (tertiary/aromatic N) is 1. The molecule has 1 N–H and O–H groups in total. The number of hydrogen-bond donors (Lipinski definition) is 1. The minimum Gasteiger partial charge on any atom is -0.314 e. The predicted molar refractivity (Wildman–Crippen MR) is 76.8 cm³/mol. The number of rotatable bonds is 2. The molecule has 1 aromatic rings. The molecule has 0 aliphatic carbocycles. The molecule has 4 nitrogen and oxygen atoms in total. The molecule has 2 heterocycles. The number of sulfonamides is 1. The van der Waals surface area contributed by atoms with Crippen molar-refractivity contribution in [1.29, 1.82) is 0 Å². The van der Waals surface area contributed by atoms with Gasteiger partial charge in [0.2, 0.25) is 10.0 Å². The molecule has 2 aliphatic rings. The lowest BCUT2D eigenvalue weighted by Gasteiger charge is -2.34. The molecule has 0 radical (unpaired) electrons. The maximum absolute atomic E-state index is 13.7. The molecular weight excluding hydrogens is 341 g/mol. The van der Waals surface area contributed by atoms with Crippen molar-refractivity contribution in [2.75, 3.05) is 19.6 Å². The van der Waals surface area contributed by atoms with E-state index in [-0.39, 0.29) is 37.5 Å². The Labute approximate surface area is 133 Å². The van der Waals surface area contributed by atoms with Crippen LogP contribution in [0, 0.1) is 23.4 Å². The van der Waals surface area contributed by atoms with E-state index in [1.807, 2.05) is 0 Å². The first kappa shape index (κ1) is 17.5.